The summed E-state index contributed by atoms with van der Waals surface area (Å²) < 4.78 is 11.5. The number of ether oxygens (including phenoxy) is 1. The van der Waals surface area contributed by atoms with Crippen molar-refractivity contribution in [3.63, 3.8) is 0 Å². The van der Waals surface area contributed by atoms with Crippen LogP contribution >= 0.6 is 0 Å². The lowest BCUT2D eigenvalue weighted by molar-refractivity contribution is -0.384. The normalized spacial score (nSPS) is 20.5. The van der Waals surface area contributed by atoms with Gasteiger partial charge >= 0.3 is 0 Å². The molecule has 3 fully saturated rings. The summed E-state index contributed by atoms with van der Waals surface area (Å²) in [7, 11) is 0. The molecular formula is C30H33N9O3. The highest BCUT2D eigenvalue weighted by Gasteiger charge is 2.42. The van der Waals surface area contributed by atoms with E-state index >= 15 is 0 Å². The number of nitrogens with zero attached hydrogens (tertiary/aromatic N) is 9. The molecule has 1 aliphatic carbocycles. The molecule has 8 rings (SSSR count). The second kappa shape index (κ2) is 9.99. The summed E-state index contributed by atoms with van der Waals surface area (Å²) in [4.78, 5) is 18.8. The zero-order valence-corrected chi connectivity index (χ0v) is 23.4. The molecule has 12 nitrogen and oxygen atoms in total. The van der Waals surface area contributed by atoms with Crippen LogP contribution in [-0.4, -0.2) is 63.7 Å². The van der Waals surface area contributed by atoms with Crippen LogP contribution < -0.4 is 0 Å². The number of imidazole rings is 1. The van der Waals surface area contributed by atoms with Gasteiger partial charge in [0.05, 0.1) is 35.1 Å². The van der Waals surface area contributed by atoms with Crippen molar-refractivity contribution in [1.82, 2.24) is 39.1 Å². The Morgan fingerprint density at radius 2 is 2.00 bits per heavy atom. The highest BCUT2D eigenvalue weighted by molar-refractivity contribution is 5.95. The van der Waals surface area contributed by atoms with Gasteiger partial charge in [-0.25, -0.2) is 14.3 Å². The Morgan fingerprint density at radius 3 is 2.79 bits per heavy atom. The van der Waals surface area contributed by atoms with Crippen molar-refractivity contribution >= 4 is 22.2 Å². The lowest BCUT2D eigenvalue weighted by Gasteiger charge is -2.38. The van der Waals surface area contributed by atoms with Crippen molar-refractivity contribution in [2.24, 2.45) is 5.41 Å². The standard InChI is InChI=1S/C30H33N9O3/c40-39(41)23-12-24(25-14-31-38(27(25)13-23)29-4-1-2-11-42-29)26-19-37(34-33-26)18-22-17-36-16-21(5-6-28(36)32-22)15-35-10-9-30(20-35)7-3-8-30/h5-6,12-14,16-17,19,29H,1-4,7-11,15,18,20H2. The number of rotatable bonds is 7. The van der Waals surface area contributed by atoms with Crippen LogP contribution in [0.1, 0.15) is 62.4 Å². The fraction of sp³-hybridized carbons (Fsp3) is 0.467. The van der Waals surface area contributed by atoms with E-state index in [-0.39, 0.29) is 16.8 Å². The first kappa shape index (κ1) is 25.5. The van der Waals surface area contributed by atoms with Crippen LogP contribution in [0.25, 0.3) is 27.8 Å². The SMILES string of the molecule is O=[N+]([O-])c1cc(-c2cn(Cc3cn4cc(CN5CCC6(CCC6)C5)ccc4n3)nn2)c2cnn(C3CCCCO3)c2c1. The van der Waals surface area contributed by atoms with Crippen LogP contribution in [0.2, 0.25) is 0 Å². The Kier molecular flexibility index (Phi) is 6.07. The molecule has 2 saturated heterocycles. The van der Waals surface area contributed by atoms with Crippen LogP contribution in [0.5, 0.6) is 0 Å². The first-order valence-corrected chi connectivity index (χ1v) is 14.9. The van der Waals surface area contributed by atoms with Crippen LogP contribution in [0.15, 0.2) is 49.1 Å². The van der Waals surface area contributed by atoms with Gasteiger partial charge in [0.25, 0.3) is 5.69 Å². The van der Waals surface area contributed by atoms with Gasteiger partial charge in [-0.15, -0.1) is 5.10 Å². The van der Waals surface area contributed by atoms with E-state index in [2.05, 4.69) is 43.0 Å². The van der Waals surface area contributed by atoms with Gasteiger partial charge in [0.2, 0.25) is 0 Å². The highest BCUT2D eigenvalue weighted by atomic mass is 16.6. The van der Waals surface area contributed by atoms with E-state index in [9.17, 15) is 10.1 Å². The number of hydrogen-bond donors (Lipinski definition) is 0. The molecule has 1 aromatic carbocycles. The zero-order valence-electron chi connectivity index (χ0n) is 23.4. The van der Waals surface area contributed by atoms with Gasteiger partial charge in [-0.2, -0.15) is 5.10 Å². The molecule has 12 heteroatoms. The highest BCUT2D eigenvalue weighted by Crippen LogP contribution is 2.48. The van der Waals surface area contributed by atoms with Crippen molar-refractivity contribution in [2.45, 2.75) is 64.3 Å². The van der Waals surface area contributed by atoms with E-state index in [1.165, 1.54) is 44.3 Å². The molecule has 42 heavy (non-hydrogen) atoms. The molecule has 5 aromatic rings. The molecule has 1 unspecified atom stereocenters. The van der Waals surface area contributed by atoms with E-state index in [1.54, 1.807) is 27.7 Å². The van der Waals surface area contributed by atoms with Crippen LogP contribution in [0.4, 0.5) is 5.69 Å². The molecule has 0 bridgehead atoms. The van der Waals surface area contributed by atoms with Gasteiger partial charge in [-0.05, 0) is 62.1 Å². The molecule has 3 aliphatic rings. The Bertz CT molecular complexity index is 1790. The number of aromatic nitrogens is 7. The van der Waals surface area contributed by atoms with Gasteiger partial charge < -0.3 is 9.14 Å². The number of nitro groups is 1. The Balaban J connectivity index is 1.04. The predicted molar refractivity (Wildman–Crippen MR) is 155 cm³/mol. The van der Waals surface area contributed by atoms with Crippen molar-refractivity contribution in [3.8, 4) is 11.3 Å². The lowest BCUT2D eigenvalue weighted by Crippen LogP contribution is -2.32. The lowest BCUT2D eigenvalue weighted by atomic mass is 9.68. The Morgan fingerprint density at radius 1 is 1.07 bits per heavy atom. The number of pyridine rings is 1. The summed E-state index contributed by atoms with van der Waals surface area (Å²) in [6.45, 7) is 4.48. The smallest absolute Gasteiger partial charge is 0.272 e. The fourth-order valence-electron chi connectivity index (χ4n) is 7.02. The minimum Gasteiger partial charge on any atom is -0.356 e. The van der Waals surface area contributed by atoms with Crippen molar-refractivity contribution in [1.29, 1.82) is 0 Å². The van der Waals surface area contributed by atoms with E-state index in [0.29, 0.717) is 35.3 Å². The third kappa shape index (κ3) is 4.54. The van der Waals surface area contributed by atoms with Crippen molar-refractivity contribution in [3.05, 3.63) is 70.4 Å². The van der Waals surface area contributed by atoms with E-state index < -0.39 is 0 Å². The molecule has 6 heterocycles. The third-order valence-electron chi connectivity index (χ3n) is 9.38. The molecule has 0 amide bonds. The van der Waals surface area contributed by atoms with Crippen LogP contribution in [0, 0.1) is 15.5 Å². The topological polar surface area (TPSA) is 121 Å². The minimum absolute atomic E-state index is 0.0162. The largest absolute Gasteiger partial charge is 0.356 e. The van der Waals surface area contributed by atoms with Gasteiger partial charge in [-0.1, -0.05) is 17.7 Å². The van der Waals surface area contributed by atoms with E-state index in [0.717, 1.165) is 42.5 Å². The molecule has 4 aromatic heterocycles. The second-order valence-electron chi connectivity index (χ2n) is 12.2. The number of hydrogen-bond acceptors (Lipinski definition) is 8. The zero-order chi connectivity index (χ0) is 28.3. The maximum atomic E-state index is 11.8. The van der Waals surface area contributed by atoms with Gasteiger partial charge in [0.15, 0.2) is 6.23 Å². The maximum absolute atomic E-state index is 11.8. The van der Waals surface area contributed by atoms with Crippen molar-refractivity contribution in [2.75, 3.05) is 19.7 Å². The fourth-order valence-corrected chi connectivity index (χ4v) is 7.02. The maximum Gasteiger partial charge on any atom is 0.272 e. The average molecular weight is 568 g/mol. The molecule has 1 atom stereocenters. The molecular weight excluding hydrogens is 534 g/mol. The number of nitro benzene ring substituents is 1. The quantitative estimate of drug-likeness (QED) is 0.200. The van der Waals surface area contributed by atoms with Gasteiger partial charge in [0, 0.05) is 55.2 Å². The third-order valence-corrected chi connectivity index (χ3v) is 9.38. The number of non-ortho nitro benzene ring substituents is 1. The summed E-state index contributed by atoms with van der Waals surface area (Å²) in [5.74, 6) is 0. The van der Waals surface area contributed by atoms with E-state index in [4.69, 9.17) is 9.72 Å². The Hall–Kier alpha value is -4.16. The summed E-state index contributed by atoms with van der Waals surface area (Å²) >= 11 is 0. The summed E-state index contributed by atoms with van der Waals surface area (Å²) in [5, 5.41) is 25.9. The van der Waals surface area contributed by atoms with Gasteiger partial charge in [0.1, 0.15) is 11.3 Å². The number of likely N-dealkylation sites (tertiary alicyclic amines) is 1. The van der Waals surface area contributed by atoms with Crippen molar-refractivity contribution < 1.29 is 9.66 Å². The summed E-state index contributed by atoms with van der Waals surface area (Å²) in [6.07, 6.45) is 15.9. The Labute approximate surface area is 242 Å². The van der Waals surface area contributed by atoms with Gasteiger partial charge in [-0.3, -0.25) is 15.0 Å². The summed E-state index contributed by atoms with van der Waals surface area (Å²) in [6, 6.07) is 7.37. The summed E-state index contributed by atoms with van der Waals surface area (Å²) in [5.41, 5.74) is 5.47. The van der Waals surface area contributed by atoms with Crippen LogP contribution in [0.3, 0.4) is 0 Å². The predicted octanol–water partition coefficient (Wildman–Crippen LogP) is 4.97. The van der Waals surface area contributed by atoms with Crippen LogP contribution in [-0.2, 0) is 17.8 Å². The van der Waals surface area contributed by atoms with E-state index in [1.807, 2.05) is 12.4 Å². The monoisotopic (exact) mass is 567 g/mol. The number of benzene rings is 1. The molecule has 0 N–H and O–H groups in total. The minimum atomic E-state index is -0.382. The second-order valence-corrected chi connectivity index (χ2v) is 12.2. The molecule has 0 radical (unpaired) electrons. The average Bonchev–Trinajstić information content (AvgIpc) is 3.78. The molecule has 2 aliphatic heterocycles. The first-order chi connectivity index (χ1) is 20.5. The first-order valence-electron chi connectivity index (χ1n) is 14.9. The molecule has 1 saturated carbocycles. The molecule has 1 spiro atoms. The number of fused-ring (bicyclic) bond motifs is 2. The molecule has 216 valence electrons.